The standard InChI is InChI=1S/C13H11N3O3S/c17-13(9-20-12-4-6-14-7-5-12)15-10-2-1-3-11(8-10)16(18)19/h1-8H,9H2,(H,15,17). The summed E-state index contributed by atoms with van der Waals surface area (Å²) < 4.78 is 0. The maximum absolute atomic E-state index is 11.7. The fourth-order valence-corrected chi connectivity index (χ4v) is 2.16. The Morgan fingerprint density at radius 2 is 2.05 bits per heavy atom. The molecule has 0 bridgehead atoms. The van der Waals surface area contributed by atoms with Gasteiger partial charge < -0.3 is 5.32 Å². The number of benzene rings is 1. The summed E-state index contributed by atoms with van der Waals surface area (Å²) in [5, 5.41) is 13.3. The number of nitrogens with zero attached hydrogens (tertiary/aromatic N) is 2. The van der Waals surface area contributed by atoms with Crippen molar-refractivity contribution >= 4 is 29.0 Å². The van der Waals surface area contributed by atoms with Gasteiger partial charge in [-0.2, -0.15) is 0 Å². The van der Waals surface area contributed by atoms with Gasteiger partial charge in [0.1, 0.15) is 0 Å². The first-order chi connectivity index (χ1) is 9.65. The van der Waals surface area contributed by atoms with Crippen molar-refractivity contribution in [1.29, 1.82) is 0 Å². The number of non-ortho nitro benzene ring substituents is 1. The van der Waals surface area contributed by atoms with Gasteiger partial charge in [0.25, 0.3) is 5.69 Å². The van der Waals surface area contributed by atoms with Crippen molar-refractivity contribution in [1.82, 2.24) is 4.98 Å². The summed E-state index contributed by atoms with van der Waals surface area (Å²) in [6, 6.07) is 9.47. The molecule has 1 aromatic carbocycles. The third kappa shape index (κ3) is 4.06. The molecule has 0 radical (unpaired) electrons. The molecule has 20 heavy (non-hydrogen) atoms. The van der Waals surface area contributed by atoms with E-state index in [1.54, 1.807) is 18.5 Å². The van der Waals surface area contributed by atoms with Crippen molar-refractivity contribution in [3.8, 4) is 0 Å². The van der Waals surface area contributed by atoms with Crippen molar-refractivity contribution < 1.29 is 9.72 Å². The number of nitro benzene ring substituents is 1. The van der Waals surface area contributed by atoms with Crippen LogP contribution in [0.2, 0.25) is 0 Å². The van der Waals surface area contributed by atoms with Gasteiger partial charge in [-0.1, -0.05) is 6.07 Å². The molecule has 0 atom stereocenters. The summed E-state index contributed by atoms with van der Waals surface area (Å²) in [7, 11) is 0. The number of aromatic nitrogens is 1. The lowest BCUT2D eigenvalue weighted by Crippen LogP contribution is -2.14. The van der Waals surface area contributed by atoms with E-state index in [0.29, 0.717) is 5.69 Å². The van der Waals surface area contributed by atoms with E-state index in [-0.39, 0.29) is 17.3 Å². The number of pyridine rings is 1. The Kier molecular flexibility index (Phi) is 4.67. The number of nitrogens with one attached hydrogen (secondary N) is 1. The summed E-state index contributed by atoms with van der Waals surface area (Å²) in [4.78, 5) is 26.7. The van der Waals surface area contributed by atoms with Gasteiger partial charge in [0, 0.05) is 35.1 Å². The summed E-state index contributed by atoms with van der Waals surface area (Å²) in [6.07, 6.45) is 3.31. The van der Waals surface area contributed by atoms with Crippen LogP contribution in [0.5, 0.6) is 0 Å². The maximum atomic E-state index is 11.7. The normalized spacial score (nSPS) is 10.0. The van der Waals surface area contributed by atoms with E-state index in [1.807, 2.05) is 12.1 Å². The first-order valence-corrected chi connectivity index (χ1v) is 6.71. The topological polar surface area (TPSA) is 85.1 Å². The molecule has 0 saturated carbocycles. The predicted octanol–water partition coefficient (Wildman–Crippen LogP) is 2.72. The van der Waals surface area contributed by atoms with Crippen LogP contribution in [0.1, 0.15) is 0 Å². The zero-order valence-corrected chi connectivity index (χ0v) is 11.2. The van der Waals surface area contributed by atoms with E-state index in [2.05, 4.69) is 10.3 Å². The molecule has 0 aliphatic carbocycles. The minimum atomic E-state index is -0.499. The molecule has 1 heterocycles. The van der Waals surface area contributed by atoms with Crippen LogP contribution in [-0.4, -0.2) is 21.6 Å². The van der Waals surface area contributed by atoms with Gasteiger partial charge in [-0.15, -0.1) is 11.8 Å². The van der Waals surface area contributed by atoms with E-state index in [9.17, 15) is 14.9 Å². The minimum absolute atomic E-state index is 0.0513. The van der Waals surface area contributed by atoms with Crippen LogP contribution < -0.4 is 5.32 Å². The Labute approximate surface area is 119 Å². The average molecular weight is 289 g/mol. The Hall–Kier alpha value is -2.41. The van der Waals surface area contributed by atoms with E-state index < -0.39 is 4.92 Å². The fourth-order valence-electron chi connectivity index (χ4n) is 1.48. The summed E-state index contributed by atoms with van der Waals surface area (Å²) in [5.74, 6) is 0.0134. The average Bonchev–Trinajstić information content (AvgIpc) is 2.46. The molecule has 1 aromatic heterocycles. The van der Waals surface area contributed by atoms with Crippen LogP contribution in [0.4, 0.5) is 11.4 Å². The highest BCUT2D eigenvalue weighted by atomic mass is 32.2. The number of thioether (sulfide) groups is 1. The fraction of sp³-hybridized carbons (Fsp3) is 0.0769. The van der Waals surface area contributed by atoms with Gasteiger partial charge in [-0.05, 0) is 18.2 Å². The van der Waals surface area contributed by atoms with Gasteiger partial charge in [-0.25, -0.2) is 0 Å². The number of rotatable bonds is 5. The highest BCUT2D eigenvalue weighted by Gasteiger charge is 2.08. The smallest absolute Gasteiger partial charge is 0.271 e. The van der Waals surface area contributed by atoms with Crippen LogP contribution in [0.25, 0.3) is 0 Å². The first-order valence-electron chi connectivity index (χ1n) is 5.72. The molecule has 102 valence electrons. The second-order valence-electron chi connectivity index (χ2n) is 3.83. The minimum Gasteiger partial charge on any atom is -0.325 e. The molecule has 1 N–H and O–H groups in total. The molecule has 1 amide bonds. The molecule has 0 aliphatic rings. The Morgan fingerprint density at radius 1 is 1.30 bits per heavy atom. The Morgan fingerprint density at radius 3 is 2.75 bits per heavy atom. The van der Waals surface area contributed by atoms with Crippen molar-refractivity contribution in [2.24, 2.45) is 0 Å². The van der Waals surface area contributed by atoms with Crippen LogP contribution in [0, 0.1) is 10.1 Å². The molecule has 2 aromatic rings. The SMILES string of the molecule is O=C(CSc1ccncc1)Nc1cccc([N+](=O)[O-])c1. The number of anilines is 1. The molecule has 0 spiro atoms. The predicted molar refractivity (Wildman–Crippen MR) is 76.7 cm³/mol. The summed E-state index contributed by atoms with van der Waals surface area (Å²) in [6.45, 7) is 0. The van der Waals surface area contributed by atoms with Crippen molar-refractivity contribution in [2.45, 2.75) is 4.90 Å². The van der Waals surface area contributed by atoms with Crippen LogP contribution in [0.15, 0.2) is 53.7 Å². The second-order valence-corrected chi connectivity index (χ2v) is 4.88. The number of hydrogen-bond donors (Lipinski definition) is 1. The lowest BCUT2D eigenvalue weighted by Gasteiger charge is -2.04. The quantitative estimate of drug-likeness (QED) is 0.519. The molecule has 2 rings (SSSR count). The third-order valence-corrected chi connectivity index (χ3v) is 3.37. The number of hydrogen-bond acceptors (Lipinski definition) is 5. The highest BCUT2D eigenvalue weighted by molar-refractivity contribution is 8.00. The van der Waals surface area contributed by atoms with E-state index >= 15 is 0 Å². The van der Waals surface area contributed by atoms with Gasteiger partial charge in [-0.3, -0.25) is 19.9 Å². The van der Waals surface area contributed by atoms with E-state index in [1.165, 1.54) is 30.0 Å². The number of carbonyl (C=O) groups is 1. The summed E-state index contributed by atoms with van der Waals surface area (Å²) in [5.41, 5.74) is 0.365. The maximum Gasteiger partial charge on any atom is 0.271 e. The molecular weight excluding hydrogens is 278 g/mol. The zero-order valence-electron chi connectivity index (χ0n) is 10.4. The lowest BCUT2D eigenvalue weighted by molar-refractivity contribution is -0.384. The van der Waals surface area contributed by atoms with Crippen molar-refractivity contribution in [2.75, 3.05) is 11.1 Å². The monoisotopic (exact) mass is 289 g/mol. The van der Waals surface area contributed by atoms with E-state index in [4.69, 9.17) is 0 Å². The van der Waals surface area contributed by atoms with Crippen LogP contribution in [-0.2, 0) is 4.79 Å². The number of nitro groups is 1. The largest absolute Gasteiger partial charge is 0.325 e. The van der Waals surface area contributed by atoms with Gasteiger partial charge in [0.15, 0.2) is 0 Å². The molecule has 0 fully saturated rings. The molecular formula is C13H11N3O3S. The van der Waals surface area contributed by atoms with Gasteiger partial charge in [0.05, 0.1) is 10.7 Å². The van der Waals surface area contributed by atoms with Crippen LogP contribution >= 0.6 is 11.8 Å². The number of amides is 1. The summed E-state index contributed by atoms with van der Waals surface area (Å²) >= 11 is 1.37. The molecule has 0 aliphatic heterocycles. The molecule has 0 saturated heterocycles. The Balaban J connectivity index is 1.91. The molecule has 0 unspecified atom stereocenters. The highest BCUT2D eigenvalue weighted by Crippen LogP contribution is 2.19. The van der Waals surface area contributed by atoms with Crippen molar-refractivity contribution in [3.05, 3.63) is 58.9 Å². The Bertz CT molecular complexity index is 619. The lowest BCUT2D eigenvalue weighted by atomic mass is 10.3. The third-order valence-electron chi connectivity index (χ3n) is 2.36. The van der Waals surface area contributed by atoms with Gasteiger partial charge in [0.2, 0.25) is 5.91 Å². The molecule has 7 heteroatoms. The van der Waals surface area contributed by atoms with Gasteiger partial charge >= 0.3 is 0 Å². The molecule has 6 nitrogen and oxygen atoms in total. The second kappa shape index (κ2) is 6.67. The zero-order chi connectivity index (χ0) is 14.4. The number of carbonyl (C=O) groups excluding carboxylic acids is 1. The van der Waals surface area contributed by atoms with Crippen LogP contribution in [0.3, 0.4) is 0 Å². The van der Waals surface area contributed by atoms with E-state index in [0.717, 1.165) is 4.90 Å². The first kappa shape index (κ1) is 14.0. The van der Waals surface area contributed by atoms with Crippen molar-refractivity contribution in [3.63, 3.8) is 0 Å².